The minimum absolute atomic E-state index is 0.111. The second kappa shape index (κ2) is 5.83. The molecule has 0 fully saturated rings. The van der Waals surface area contributed by atoms with Gasteiger partial charge in [-0.3, -0.25) is 9.56 Å². The Balaban J connectivity index is 2.07. The molecule has 4 rings (SSSR count). The van der Waals surface area contributed by atoms with E-state index in [9.17, 15) is 0 Å². The number of benzene rings is 1. The van der Waals surface area contributed by atoms with Crippen LogP contribution in [-0.4, -0.2) is 20.5 Å². The molecule has 2 aromatic heterocycles. The molecule has 4 nitrogen and oxygen atoms in total. The fraction of sp³-hybridized carbons (Fsp3) is 0.211. The van der Waals surface area contributed by atoms with E-state index in [1.165, 1.54) is 0 Å². The summed E-state index contributed by atoms with van der Waals surface area (Å²) in [5.74, 6) is 4.46. The Labute approximate surface area is 155 Å². The monoisotopic (exact) mass is 366 g/mol. The van der Waals surface area contributed by atoms with Gasteiger partial charge in [-0.05, 0) is 38.5 Å². The van der Waals surface area contributed by atoms with Crippen molar-refractivity contribution in [2.45, 2.75) is 26.8 Å². The van der Waals surface area contributed by atoms with Crippen LogP contribution < -0.4 is 0 Å². The molecule has 1 aliphatic rings. The summed E-state index contributed by atoms with van der Waals surface area (Å²) in [5, 5.41) is 10.3. The summed E-state index contributed by atoms with van der Waals surface area (Å²) in [6.45, 7) is 6.03. The number of hydrogen-bond acceptors (Lipinski definition) is 4. The lowest BCUT2D eigenvalue weighted by Gasteiger charge is -2.09. The van der Waals surface area contributed by atoms with Gasteiger partial charge >= 0.3 is 0 Å². The zero-order valence-corrected chi connectivity index (χ0v) is 15.6. The minimum atomic E-state index is -0.111. The Morgan fingerprint density at radius 2 is 1.92 bits per heavy atom. The highest BCUT2D eigenvalue weighted by molar-refractivity contribution is 7.15. The highest BCUT2D eigenvalue weighted by Gasteiger charge is 2.29. The van der Waals surface area contributed by atoms with Gasteiger partial charge in [0.2, 0.25) is 0 Å². The number of fused-ring (bicyclic) bond motifs is 3. The molecule has 3 heterocycles. The largest absolute Gasteiger partial charge is 0.273 e. The summed E-state index contributed by atoms with van der Waals surface area (Å²) >= 11 is 7.64. The van der Waals surface area contributed by atoms with Crippen LogP contribution in [0, 0.1) is 26.2 Å². The maximum absolute atomic E-state index is 6.06. The zero-order valence-electron chi connectivity index (χ0n) is 14.0. The summed E-state index contributed by atoms with van der Waals surface area (Å²) in [6.07, 6.45) is 5.73. The zero-order chi connectivity index (χ0) is 17.7. The Bertz CT molecular complexity index is 1050. The molecule has 0 radical (unpaired) electrons. The van der Waals surface area contributed by atoms with Gasteiger partial charge < -0.3 is 0 Å². The molecule has 0 spiro atoms. The molecular formula is C19H15ClN4S. The van der Waals surface area contributed by atoms with Gasteiger partial charge in [0.1, 0.15) is 16.9 Å². The molecular weight excluding hydrogens is 352 g/mol. The average molecular weight is 367 g/mol. The average Bonchev–Trinajstić information content (AvgIpc) is 3.09. The number of aryl methyl sites for hydroxylation is 1. The third-order valence-electron chi connectivity index (χ3n) is 4.36. The van der Waals surface area contributed by atoms with Crippen molar-refractivity contribution in [1.29, 1.82) is 0 Å². The van der Waals surface area contributed by atoms with Crippen molar-refractivity contribution >= 4 is 28.6 Å². The van der Waals surface area contributed by atoms with Gasteiger partial charge in [0.25, 0.3) is 0 Å². The molecule has 0 saturated heterocycles. The molecule has 0 amide bonds. The van der Waals surface area contributed by atoms with Gasteiger partial charge in [-0.25, -0.2) is 0 Å². The maximum Gasteiger partial charge on any atom is 0.162 e. The lowest BCUT2D eigenvalue weighted by Crippen LogP contribution is -2.07. The van der Waals surface area contributed by atoms with Crippen LogP contribution in [0.4, 0.5) is 0 Å². The minimum Gasteiger partial charge on any atom is -0.273 e. The van der Waals surface area contributed by atoms with E-state index in [2.05, 4.69) is 20.7 Å². The first-order valence-corrected chi connectivity index (χ1v) is 9.07. The predicted molar refractivity (Wildman–Crippen MR) is 102 cm³/mol. The van der Waals surface area contributed by atoms with Crippen LogP contribution in [0.3, 0.4) is 0 Å². The number of aromatic nitrogens is 3. The molecule has 25 heavy (non-hydrogen) atoms. The number of halogens is 1. The lowest BCUT2D eigenvalue weighted by molar-refractivity contribution is 0.724. The molecule has 3 aromatic rings. The third kappa shape index (κ3) is 2.41. The topological polar surface area (TPSA) is 43.1 Å². The number of terminal acetylenes is 1. The second-order valence-corrected chi connectivity index (χ2v) is 7.42. The summed E-state index contributed by atoms with van der Waals surface area (Å²) in [6, 6.07) is 7.63. The van der Waals surface area contributed by atoms with Gasteiger partial charge in [0.05, 0.1) is 10.6 Å². The van der Waals surface area contributed by atoms with Crippen molar-refractivity contribution in [3.63, 3.8) is 0 Å². The third-order valence-corrected chi connectivity index (χ3v) is 5.82. The van der Waals surface area contributed by atoms with Crippen LogP contribution in [0.2, 0.25) is 5.02 Å². The Hall–Kier alpha value is -2.42. The van der Waals surface area contributed by atoms with E-state index in [0.717, 1.165) is 43.9 Å². The summed E-state index contributed by atoms with van der Waals surface area (Å²) in [7, 11) is 0. The summed E-state index contributed by atoms with van der Waals surface area (Å²) in [5.41, 5.74) is 4.04. The van der Waals surface area contributed by atoms with Crippen molar-refractivity contribution in [2.75, 3.05) is 0 Å². The number of aliphatic imine (C=N–C) groups is 1. The lowest BCUT2D eigenvalue weighted by atomic mass is 9.99. The van der Waals surface area contributed by atoms with Gasteiger partial charge in [-0.2, -0.15) is 0 Å². The summed E-state index contributed by atoms with van der Waals surface area (Å²) in [4.78, 5) is 5.87. The van der Waals surface area contributed by atoms with Crippen LogP contribution in [0.5, 0.6) is 0 Å². The number of thiophene rings is 1. The molecule has 0 aliphatic carbocycles. The Morgan fingerprint density at radius 3 is 2.60 bits per heavy atom. The highest BCUT2D eigenvalue weighted by Crippen LogP contribution is 2.38. The van der Waals surface area contributed by atoms with Gasteiger partial charge in [-0.15, -0.1) is 28.0 Å². The number of nitrogens with zero attached hydrogens (tertiary/aromatic N) is 4. The van der Waals surface area contributed by atoms with E-state index >= 15 is 0 Å². The molecule has 0 N–H and O–H groups in total. The standard InChI is InChI=1S/C19H15ClN4S/c1-5-15-10(2)16-17(13-6-8-14(20)9-7-13)21-11(3)18-23-22-12(4)24(18)19(16)25-15/h1,6-9,11H,2-4H3/t11-/m0/s1. The molecule has 1 aliphatic heterocycles. The molecule has 0 saturated carbocycles. The van der Waals surface area contributed by atoms with Crippen LogP contribution in [-0.2, 0) is 0 Å². The van der Waals surface area contributed by atoms with Crippen molar-refractivity contribution < 1.29 is 0 Å². The van der Waals surface area contributed by atoms with Crippen molar-refractivity contribution in [3.05, 3.63) is 62.5 Å². The van der Waals surface area contributed by atoms with Gasteiger partial charge in [-0.1, -0.05) is 29.7 Å². The normalized spacial score (nSPS) is 15.8. The maximum atomic E-state index is 6.06. The number of rotatable bonds is 1. The fourth-order valence-electron chi connectivity index (χ4n) is 3.11. The SMILES string of the molecule is C#Cc1sc2c(c1C)C(c1ccc(Cl)cc1)=N[C@@H](C)c1nnc(C)n1-2. The molecule has 1 atom stereocenters. The smallest absolute Gasteiger partial charge is 0.162 e. The number of hydrogen-bond donors (Lipinski definition) is 0. The Kier molecular flexibility index (Phi) is 3.75. The van der Waals surface area contributed by atoms with Crippen LogP contribution in [0.15, 0.2) is 29.3 Å². The molecule has 0 bridgehead atoms. The quantitative estimate of drug-likeness (QED) is 0.595. The van der Waals surface area contributed by atoms with Crippen molar-refractivity contribution in [3.8, 4) is 17.3 Å². The van der Waals surface area contributed by atoms with E-state index in [1.807, 2.05) is 45.0 Å². The van der Waals surface area contributed by atoms with E-state index < -0.39 is 0 Å². The van der Waals surface area contributed by atoms with E-state index in [0.29, 0.717) is 5.02 Å². The van der Waals surface area contributed by atoms with Crippen molar-refractivity contribution in [1.82, 2.24) is 14.8 Å². The fourth-order valence-corrected chi connectivity index (χ4v) is 4.42. The summed E-state index contributed by atoms with van der Waals surface area (Å²) < 4.78 is 2.07. The first-order chi connectivity index (χ1) is 12.0. The van der Waals surface area contributed by atoms with Crippen LogP contribution >= 0.6 is 22.9 Å². The Morgan fingerprint density at radius 1 is 1.20 bits per heavy atom. The van der Waals surface area contributed by atoms with E-state index in [4.69, 9.17) is 23.0 Å². The van der Waals surface area contributed by atoms with E-state index in [1.54, 1.807) is 11.3 Å². The van der Waals surface area contributed by atoms with Crippen molar-refractivity contribution in [2.24, 2.45) is 4.99 Å². The second-order valence-electron chi connectivity index (χ2n) is 5.98. The van der Waals surface area contributed by atoms with E-state index in [-0.39, 0.29) is 6.04 Å². The van der Waals surface area contributed by atoms with Crippen LogP contribution in [0.1, 0.15) is 46.2 Å². The highest BCUT2D eigenvalue weighted by atomic mass is 35.5. The first kappa shape index (κ1) is 16.1. The van der Waals surface area contributed by atoms with Crippen LogP contribution in [0.25, 0.3) is 5.00 Å². The van der Waals surface area contributed by atoms with Gasteiger partial charge in [0, 0.05) is 16.1 Å². The van der Waals surface area contributed by atoms with Gasteiger partial charge in [0.15, 0.2) is 5.82 Å². The molecule has 0 unspecified atom stereocenters. The molecule has 1 aromatic carbocycles. The molecule has 124 valence electrons. The molecule has 6 heteroatoms. The predicted octanol–water partition coefficient (Wildman–Crippen LogP) is 4.49. The first-order valence-electron chi connectivity index (χ1n) is 7.87.